The van der Waals surface area contributed by atoms with Crippen molar-refractivity contribution in [3.05, 3.63) is 29.8 Å². The number of benzene rings is 1. The molecule has 0 heterocycles. The molecule has 0 aliphatic heterocycles. The van der Waals surface area contributed by atoms with Crippen LogP contribution in [0.2, 0.25) is 0 Å². The largest absolute Gasteiger partial charge is 0.380 e. The fourth-order valence-corrected chi connectivity index (χ4v) is 4.55. The van der Waals surface area contributed by atoms with Gasteiger partial charge in [-0.3, -0.25) is 24.0 Å². The Morgan fingerprint density at radius 3 is 2.29 bits per heavy atom. The first-order valence-electron chi connectivity index (χ1n) is 15.0. The first kappa shape index (κ1) is 34.6. The zero-order chi connectivity index (χ0) is 30.7. The Hall–Kier alpha value is -3.60. The summed E-state index contributed by atoms with van der Waals surface area (Å²) in [6.07, 6.45) is 5.88. The normalized spacial score (nSPS) is 15.4. The molecule has 11 nitrogen and oxygen atoms in total. The molecule has 0 spiro atoms. The van der Waals surface area contributed by atoms with Crippen molar-refractivity contribution in [1.29, 1.82) is 0 Å². The van der Waals surface area contributed by atoms with Gasteiger partial charge in [0.1, 0.15) is 23.8 Å². The minimum absolute atomic E-state index is 0.0368. The van der Waals surface area contributed by atoms with Gasteiger partial charge in [-0.15, -0.1) is 0 Å². The van der Waals surface area contributed by atoms with Gasteiger partial charge in [0.15, 0.2) is 0 Å². The van der Waals surface area contributed by atoms with E-state index in [4.69, 9.17) is 4.74 Å². The summed E-state index contributed by atoms with van der Waals surface area (Å²) >= 11 is 0. The molecule has 232 valence electrons. The van der Waals surface area contributed by atoms with Gasteiger partial charge in [0.05, 0.1) is 12.5 Å². The topological polar surface area (TPSA) is 160 Å². The number of nitrogens with one attached hydrogen (secondary N) is 4. The van der Waals surface area contributed by atoms with Crippen LogP contribution in [0, 0.1) is 11.8 Å². The number of hydrogen-bond acceptors (Lipinski definition) is 7. The minimum atomic E-state index is -0.493. The van der Waals surface area contributed by atoms with E-state index in [1.165, 1.54) is 0 Å². The summed E-state index contributed by atoms with van der Waals surface area (Å²) in [6.45, 7) is 5.48. The summed E-state index contributed by atoms with van der Waals surface area (Å²) < 4.78 is 5.45. The lowest BCUT2D eigenvalue weighted by Crippen LogP contribution is -2.37. The SMILES string of the molecule is CC(=O)C(C)CCCCNC(=O)NCCCOCCNC(=O)CC(=O)Nc1ccc(CC(=O)C2CCCCC2=O)cc1. The molecule has 4 amide bonds. The number of ketones is 3. The summed E-state index contributed by atoms with van der Waals surface area (Å²) in [7, 11) is 0. The number of anilines is 1. The van der Waals surface area contributed by atoms with Gasteiger partial charge in [-0.25, -0.2) is 4.79 Å². The summed E-state index contributed by atoms with van der Waals surface area (Å²) in [5.41, 5.74) is 1.29. The lowest BCUT2D eigenvalue weighted by molar-refractivity contribution is -0.134. The van der Waals surface area contributed by atoms with Crippen molar-refractivity contribution in [3.8, 4) is 0 Å². The number of urea groups is 1. The molecule has 1 fully saturated rings. The van der Waals surface area contributed by atoms with Gasteiger partial charge >= 0.3 is 6.03 Å². The van der Waals surface area contributed by atoms with Gasteiger partial charge in [0.25, 0.3) is 0 Å². The Morgan fingerprint density at radius 1 is 0.881 bits per heavy atom. The molecule has 0 aromatic heterocycles. The van der Waals surface area contributed by atoms with E-state index >= 15 is 0 Å². The summed E-state index contributed by atoms with van der Waals surface area (Å²) in [6, 6.07) is 6.58. The molecule has 4 N–H and O–H groups in total. The molecule has 1 aliphatic carbocycles. The standard InChI is InChI=1S/C31H46N4O7/c1-22(23(2)36)8-5-6-15-33-31(41)34-16-7-18-42-19-17-32-29(39)21-30(40)35-25-13-11-24(12-14-25)20-28(38)26-9-3-4-10-27(26)37/h11-14,22,26H,3-10,15-21H2,1-2H3,(H,32,39)(H,35,40)(H2,33,34,41). The van der Waals surface area contributed by atoms with Crippen LogP contribution in [0.4, 0.5) is 10.5 Å². The maximum atomic E-state index is 12.5. The van der Waals surface area contributed by atoms with Crippen molar-refractivity contribution in [2.75, 3.05) is 38.2 Å². The summed E-state index contributed by atoms with van der Waals surface area (Å²) in [4.78, 5) is 71.6. The van der Waals surface area contributed by atoms with Crippen molar-refractivity contribution in [3.63, 3.8) is 0 Å². The predicted molar refractivity (Wildman–Crippen MR) is 159 cm³/mol. The number of carbonyl (C=O) groups is 6. The van der Waals surface area contributed by atoms with Crippen LogP contribution in [0.25, 0.3) is 0 Å². The third-order valence-corrected chi connectivity index (χ3v) is 7.24. The zero-order valence-corrected chi connectivity index (χ0v) is 24.9. The third-order valence-electron chi connectivity index (χ3n) is 7.24. The molecule has 0 bridgehead atoms. The number of hydrogen-bond donors (Lipinski definition) is 4. The van der Waals surface area contributed by atoms with Gasteiger partial charge in [-0.05, 0) is 56.7 Å². The van der Waals surface area contributed by atoms with E-state index in [1.807, 2.05) is 6.92 Å². The number of unbranched alkanes of at least 4 members (excludes halogenated alkanes) is 1. The van der Waals surface area contributed by atoms with Crippen molar-refractivity contribution in [2.24, 2.45) is 11.8 Å². The van der Waals surface area contributed by atoms with Crippen LogP contribution >= 0.6 is 0 Å². The molecule has 2 rings (SSSR count). The van der Waals surface area contributed by atoms with Crippen molar-refractivity contribution in [1.82, 2.24) is 16.0 Å². The monoisotopic (exact) mass is 586 g/mol. The molecule has 1 saturated carbocycles. The third kappa shape index (κ3) is 14.3. The van der Waals surface area contributed by atoms with Crippen molar-refractivity contribution >= 4 is 40.9 Å². The van der Waals surface area contributed by atoms with Crippen LogP contribution in [-0.4, -0.2) is 68.0 Å². The fraction of sp³-hybridized carbons (Fsp3) is 0.613. The van der Waals surface area contributed by atoms with E-state index in [-0.39, 0.29) is 55.3 Å². The Kier molecular flexibility index (Phi) is 16.1. The van der Waals surface area contributed by atoms with Gasteiger partial charge < -0.3 is 26.0 Å². The first-order chi connectivity index (χ1) is 20.2. The minimum Gasteiger partial charge on any atom is -0.380 e. The molecule has 42 heavy (non-hydrogen) atoms. The molecular formula is C31H46N4O7. The van der Waals surface area contributed by atoms with Gasteiger partial charge in [0.2, 0.25) is 11.8 Å². The Balaban J connectivity index is 1.47. The molecule has 0 saturated heterocycles. The van der Waals surface area contributed by atoms with Crippen LogP contribution in [0.1, 0.15) is 77.2 Å². The van der Waals surface area contributed by atoms with Crippen LogP contribution in [0.3, 0.4) is 0 Å². The van der Waals surface area contributed by atoms with Gasteiger partial charge in [-0.2, -0.15) is 0 Å². The van der Waals surface area contributed by atoms with Crippen LogP contribution in [0.15, 0.2) is 24.3 Å². The van der Waals surface area contributed by atoms with E-state index in [9.17, 15) is 28.8 Å². The highest BCUT2D eigenvalue weighted by Crippen LogP contribution is 2.23. The molecule has 0 radical (unpaired) electrons. The molecular weight excluding hydrogens is 540 g/mol. The van der Waals surface area contributed by atoms with E-state index in [1.54, 1.807) is 31.2 Å². The van der Waals surface area contributed by atoms with E-state index in [0.29, 0.717) is 44.6 Å². The second-order valence-corrected chi connectivity index (χ2v) is 10.8. The van der Waals surface area contributed by atoms with Crippen molar-refractivity contribution in [2.45, 2.75) is 78.1 Å². The lowest BCUT2D eigenvalue weighted by Gasteiger charge is -2.19. The van der Waals surface area contributed by atoms with Crippen LogP contribution < -0.4 is 21.3 Å². The maximum Gasteiger partial charge on any atom is 0.314 e. The predicted octanol–water partition coefficient (Wildman–Crippen LogP) is 3.10. The average Bonchev–Trinajstić information content (AvgIpc) is 2.95. The second kappa shape index (κ2) is 19.5. The Bertz CT molecular complexity index is 1060. The highest BCUT2D eigenvalue weighted by molar-refractivity contribution is 6.04. The fourth-order valence-electron chi connectivity index (χ4n) is 4.55. The van der Waals surface area contributed by atoms with Crippen LogP contribution in [0.5, 0.6) is 0 Å². The smallest absolute Gasteiger partial charge is 0.314 e. The number of rotatable bonds is 19. The van der Waals surface area contributed by atoms with E-state index in [0.717, 1.165) is 37.7 Å². The quantitative estimate of drug-likeness (QED) is 0.143. The molecule has 1 aromatic rings. The molecule has 2 unspecified atom stereocenters. The van der Waals surface area contributed by atoms with Crippen molar-refractivity contribution < 1.29 is 33.5 Å². The Morgan fingerprint density at radius 2 is 1.60 bits per heavy atom. The lowest BCUT2D eigenvalue weighted by atomic mass is 9.83. The van der Waals surface area contributed by atoms with E-state index < -0.39 is 17.7 Å². The molecule has 2 atom stereocenters. The molecule has 11 heteroatoms. The average molecular weight is 587 g/mol. The number of Topliss-reactive ketones (excluding diaryl/α,β-unsaturated/α-hetero) is 3. The van der Waals surface area contributed by atoms with Gasteiger partial charge in [-0.1, -0.05) is 31.9 Å². The van der Waals surface area contributed by atoms with Crippen LogP contribution in [-0.2, 0) is 35.1 Å². The number of amides is 4. The first-order valence-corrected chi connectivity index (χ1v) is 15.0. The van der Waals surface area contributed by atoms with E-state index in [2.05, 4.69) is 21.3 Å². The van der Waals surface area contributed by atoms with Gasteiger partial charge in [0, 0.05) is 50.7 Å². The molecule has 1 aromatic carbocycles. The second-order valence-electron chi connectivity index (χ2n) is 10.8. The number of carbonyl (C=O) groups excluding carboxylic acids is 6. The Labute approximate surface area is 248 Å². The number of ether oxygens (including phenoxy) is 1. The highest BCUT2D eigenvalue weighted by Gasteiger charge is 2.28. The summed E-state index contributed by atoms with van der Waals surface area (Å²) in [5.74, 6) is -1.15. The zero-order valence-electron chi connectivity index (χ0n) is 24.9. The maximum absolute atomic E-state index is 12.5. The molecule has 1 aliphatic rings. The highest BCUT2D eigenvalue weighted by atomic mass is 16.5. The summed E-state index contributed by atoms with van der Waals surface area (Å²) in [5, 5.41) is 10.8.